The van der Waals surface area contributed by atoms with E-state index in [1.165, 1.54) is 25.7 Å². The van der Waals surface area contributed by atoms with Crippen LogP contribution < -0.4 is 0 Å². The maximum Gasteiger partial charge on any atom is 0.243 e. The lowest BCUT2D eigenvalue weighted by molar-refractivity contribution is 0.165. The van der Waals surface area contributed by atoms with Crippen molar-refractivity contribution < 1.29 is 8.42 Å². The molecule has 0 radical (unpaired) electrons. The van der Waals surface area contributed by atoms with Crippen molar-refractivity contribution in [1.29, 1.82) is 0 Å². The van der Waals surface area contributed by atoms with E-state index in [0.29, 0.717) is 18.0 Å². The Balaban J connectivity index is 1.65. The molecule has 0 atom stereocenters. The average Bonchev–Trinajstić information content (AvgIpc) is 3.03. The van der Waals surface area contributed by atoms with E-state index in [1.54, 1.807) is 10.4 Å². The summed E-state index contributed by atoms with van der Waals surface area (Å²) in [5.74, 6) is 0.831. The molecule has 0 amide bonds. The number of nitrogens with zero attached hydrogens (tertiary/aromatic N) is 2. The zero-order valence-electron chi connectivity index (χ0n) is 14.3. The molecule has 1 saturated heterocycles. The monoisotopic (exact) mass is 336 g/mol. The van der Waals surface area contributed by atoms with Crippen molar-refractivity contribution in [2.24, 2.45) is 5.92 Å². The summed E-state index contributed by atoms with van der Waals surface area (Å²) >= 11 is 0. The highest BCUT2D eigenvalue weighted by molar-refractivity contribution is 7.89. The summed E-state index contributed by atoms with van der Waals surface area (Å²) < 4.78 is 27.5. The number of benzene rings is 1. The summed E-state index contributed by atoms with van der Waals surface area (Å²) in [6.45, 7) is 7.92. The molecule has 3 rings (SSSR count). The molecular formula is C18H28N2O2S. The summed E-state index contributed by atoms with van der Waals surface area (Å²) in [7, 11) is -3.36. The minimum absolute atomic E-state index is 0.474. The second kappa shape index (κ2) is 6.91. The predicted octanol–water partition coefficient (Wildman–Crippen LogP) is 2.80. The highest BCUT2D eigenvalue weighted by Crippen LogP contribution is 2.27. The smallest absolute Gasteiger partial charge is 0.243 e. The van der Waals surface area contributed by atoms with Crippen LogP contribution in [0.5, 0.6) is 0 Å². The van der Waals surface area contributed by atoms with Gasteiger partial charge in [0.1, 0.15) is 0 Å². The number of sulfonamides is 1. The van der Waals surface area contributed by atoms with Crippen LogP contribution >= 0.6 is 0 Å². The molecule has 23 heavy (non-hydrogen) atoms. The summed E-state index contributed by atoms with van der Waals surface area (Å²) in [5, 5.41) is 0. The Morgan fingerprint density at radius 1 is 1.04 bits per heavy atom. The predicted molar refractivity (Wildman–Crippen MR) is 93.1 cm³/mol. The van der Waals surface area contributed by atoms with Crippen molar-refractivity contribution in [3.05, 3.63) is 29.3 Å². The minimum atomic E-state index is -3.36. The number of hydrogen-bond donors (Lipinski definition) is 0. The molecule has 1 saturated carbocycles. The van der Waals surface area contributed by atoms with Crippen LogP contribution in [0.3, 0.4) is 0 Å². The topological polar surface area (TPSA) is 40.6 Å². The van der Waals surface area contributed by atoms with Gasteiger partial charge in [-0.2, -0.15) is 4.31 Å². The quantitative estimate of drug-likeness (QED) is 0.849. The maximum absolute atomic E-state index is 12.9. The number of rotatable bonds is 4. The molecule has 0 bridgehead atoms. The molecule has 128 valence electrons. The van der Waals surface area contributed by atoms with E-state index in [2.05, 4.69) is 4.90 Å². The van der Waals surface area contributed by atoms with Crippen LogP contribution in [0.25, 0.3) is 0 Å². The van der Waals surface area contributed by atoms with Gasteiger partial charge in [-0.15, -0.1) is 0 Å². The van der Waals surface area contributed by atoms with Crippen LogP contribution in [0.4, 0.5) is 0 Å². The summed E-state index contributed by atoms with van der Waals surface area (Å²) in [5.41, 5.74) is 1.83. The normalized spacial score (nSPS) is 21.8. The SMILES string of the molecule is Cc1ccc(C)c(S(=O)(=O)N2CCN(CC3CCCC3)CC2)c1. The second-order valence-corrected chi connectivity index (χ2v) is 9.03. The largest absolute Gasteiger partial charge is 0.300 e. The van der Waals surface area contributed by atoms with Crippen LogP contribution in [0.2, 0.25) is 0 Å². The number of hydrogen-bond acceptors (Lipinski definition) is 3. The van der Waals surface area contributed by atoms with Crippen molar-refractivity contribution in [1.82, 2.24) is 9.21 Å². The van der Waals surface area contributed by atoms with Gasteiger partial charge in [0.2, 0.25) is 10.0 Å². The van der Waals surface area contributed by atoms with Gasteiger partial charge in [0.25, 0.3) is 0 Å². The van der Waals surface area contributed by atoms with Gasteiger partial charge >= 0.3 is 0 Å². The average molecular weight is 337 g/mol. The molecule has 0 N–H and O–H groups in total. The number of piperazine rings is 1. The van der Waals surface area contributed by atoms with E-state index >= 15 is 0 Å². The Bertz CT molecular complexity index is 643. The van der Waals surface area contributed by atoms with Gasteiger partial charge < -0.3 is 4.90 Å². The van der Waals surface area contributed by atoms with Gasteiger partial charge in [0.15, 0.2) is 0 Å². The molecule has 4 nitrogen and oxygen atoms in total. The van der Waals surface area contributed by atoms with Crippen molar-refractivity contribution in [2.45, 2.75) is 44.4 Å². The van der Waals surface area contributed by atoms with Crippen LogP contribution in [-0.2, 0) is 10.0 Å². The van der Waals surface area contributed by atoms with Gasteiger partial charge in [0.05, 0.1) is 4.90 Å². The first-order valence-electron chi connectivity index (χ1n) is 8.76. The Hall–Kier alpha value is -0.910. The lowest BCUT2D eigenvalue weighted by atomic mass is 10.1. The molecule has 0 aromatic heterocycles. The highest BCUT2D eigenvalue weighted by Gasteiger charge is 2.30. The first kappa shape index (κ1) is 16.9. The Kier molecular flexibility index (Phi) is 5.09. The third kappa shape index (κ3) is 3.78. The summed E-state index contributed by atoms with van der Waals surface area (Å²) in [4.78, 5) is 2.92. The van der Waals surface area contributed by atoms with Crippen LogP contribution in [-0.4, -0.2) is 50.3 Å². The van der Waals surface area contributed by atoms with Gasteiger partial charge in [-0.05, 0) is 49.8 Å². The van der Waals surface area contributed by atoms with Crippen LogP contribution in [0, 0.1) is 19.8 Å². The fraction of sp³-hybridized carbons (Fsp3) is 0.667. The zero-order valence-corrected chi connectivity index (χ0v) is 15.1. The molecule has 2 aliphatic rings. The third-order valence-electron chi connectivity index (χ3n) is 5.28. The first-order chi connectivity index (χ1) is 11.0. The molecular weight excluding hydrogens is 308 g/mol. The highest BCUT2D eigenvalue weighted by atomic mass is 32.2. The fourth-order valence-electron chi connectivity index (χ4n) is 3.83. The lowest BCUT2D eigenvalue weighted by Crippen LogP contribution is -2.49. The lowest BCUT2D eigenvalue weighted by Gasteiger charge is -2.35. The van der Waals surface area contributed by atoms with E-state index in [1.807, 2.05) is 26.0 Å². The van der Waals surface area contributed by atoms with E-state index in [0.717, 1.165) is 36.7 Å². The van der Waals surface area contributed by atoms with Gasteiger partial charge in [-0.25, -0.2) is 8.42 Å². The van der Waals surface area contributed by atoms with E-state index in [-0.39, 0.29) is 0 Å². The minimum Gasteiger partial charge on any atom is -0.300 e. The zero-order chi connectivity index (χ0) is 16.4. The van der Waals surface area contributed by atoms with E-state index < -0.39 is 10.0 Å². The van der Waals surface area contributed by atoms with E-state index in [4.69, 9.17) is 0 Å². The van der Waals surface area contributed by atoms with Gasteiger partial charge in [-0.3, -0.25) is 0 Å². The fourth-order valence-corrected chi connectivity index (χ4v) is 5.57. The number of aryl methyl sites for hydroxylation is 2. The Morgan fingerprint density at radius 2 is 1.70 bits per heavy atom. The van der Waals surface area contributed by atoms with Crippen LogP contribution in [0.15, 0.2) is 23.1 Å². The van der Waals surface area contributed by atoms with Gasteiger partial charge in [-0.1, -0.05) is 25.0 Å². The van der Waals surface area contributed by atoms with Crippen LogP contribution in [0.1, 0.15) is 36.8 Å². The molecule has 1 heterocycles. The molecule has 1 aromatic rings. The molecule has 2 fully saturated rings. The first-order valence-corrected chi connectivity index (χ1v) is 10.2. The Labute approximate surface area is 140 Å². The summed E-state index contributed by atoms with van der Waals surface area (Å²) in [6.07, 6.45) is 5.43. The van der Waals surface area contributed by atoms with Crippen molar-refractivity contribution in [2.75, 3.05) is 32.7 Å². The van der Waals surface area contributed by atoms with Crippen molar-refractivity contribution in [3.63, 3.8) is 0 Å². The summed E-state index contributed by atoms with van der Waals surface area (Å²) in [6, 6.07) is 5.67. The Morgan fingerprint density at radius 3 is 2.35 bits per heavy atom. The van der Waals surface area contributed by atoms with Crippen molar-refractivity contribution >= 4 is 10.0 Å². The molecule has 1 aromatic carbocycles. The van der Waals surface area contributed by atoms with Crippen molar-refractivity contribution in [3.8, 4) is 0 Å². The third-order valence-corrected chi connectivity index (χ3v) is 7.32. The molecule has 0 unspecified atom stereocenters. The van der Waals surface area contributed by atoms with E-state index in [9.17, 15) is 8.42 Å². The molecule has 1 aliphatic carbocycles. The maximum atomic E-state index is 12.9. The molecule has 0 spiro atoms. The molecule has 5 heteroatoms. The molecule has 1 aliphatic heterocycles. The second-order valence-electron chi connectivity index (χ2n) is 7.12. The van der Waals surface area contributed by atoms with Gasteiger partial charge in [0, 0.05) is 32.7 Å². The standard InChI is InChI=1S/C18H28N2O2S/c1-15-7-8-16(2)18(13-15)23(21,22)20-11-9-19(10-12-20)14-17-5-3-4-6-17/h7-8,13,17H,3-6,9-12,14H2,1-2H3.